The van der Waals surface area contributed by atoms with Gasteiger partial charge in [-0.1, -0.05) is 20.8 Å². The molecule has 0 aliphatic heterocycles. The zero-order chi connectivity index (χ0) is 25.4. The zero-order valence-corrected chi connectivity index (χ0v) is 19.8. The van der Waals surface area contributed by atoms with Crippen molar-refractivity contribution in [2.75, 3.05) is 17.2 Å². The third-order valence-corrected chi connectivity index (χ3v) is 6.19. The van der Waals surface area contributed by atoms with Crippen LogP contribution in [0.3, 0.4) is 0 Å². The Bertz CT molecular complexity index is 1210. The molecule has 1 fully saturated rings. The largest absolute Gasteiger partial charge is 0.573 e. The van der Waals surface area contributed by atoms with Crippen LogP contribution in [0.5, 0.6) is 5.75 Å². The van der Waals surface area contributed by atoms with Crippen LogP contribution in [-0.2, 0) is 4.79 Å². The number of halogens is 3. The summed E-state index contributed by atoms with van der Waals surface area (Å²) in [5.74, 6) is 0.246. The highest BCUT2D eigenvalue weighted by atomic mass is 19.4. The van der Waals surface area contributed by atoms with Gasteiger partial charge in [0.2, 0.25) is 11.9 Å². The van der Waals surface area contributed by atoms with Gasteiger partial charge in [0.15, 0.2) is 0 Å². The molecule has 1 aliphatic rings. The minimum absolute atomic E-state index is 0.141. The van der Waals surface area contributed by atoms with Crippen molar-refractivity contribution in [1.29, 1.82) is 0 Å². The van der Waals surface area contributed by atoms with Crippen LogP contribution < -0.4 is 15.4 Å². The van der Waals surface area contributed by atoms with Crippen molar-refractivity contribution in [3.63, 3.8) is 0 Å². The first-order chi connectivity index (χ1) is 16.4. The van der Waals surface area contributed by atoms with Gasteiger partial charge in [0, 0.05) is 17.4 Å². The summed E-state index contributed by atoms with van der Waals surface area (Å²) in [6, 6.07) is 11.0. The Morgan fingerprint density at radius 2 is 1.86 bits per heavy atom. The van der Waals surface area contributed by atoms with Crippen molar-refractivity contribution in [3.05, 3.63) is 42.5 Å². The van der Waals surface area contributed by atoms with Crippen molar-refractivity contribution >= 4 is 34.3 Å². The number of aliphatic hydroxyl groups is 1. The number of amides is 1. The Labute approximate surface area is 201 Å². The minimum atomic E-state index is -4.75. The molecule has 2 atom stereocenters. The predicted molar refractivity (Wildman–Crippen MR) is 128 cm³/mol. The van der Waals surface area contributed by atoms with Crippen molar-refractivity contribution in [3.8, 4) is 5.75 Å². The summed E-state index contributed by atoms with van der Waals surface area (Å²) in [5, 5.41) is 14.9. The number of aliphatic hydroxyl groups excluding tert-OH is 1. The van der Waals surface area contributed by atoms with E-state index in [4.69, 9.17) is 10.1 Å². The van der Waals surface area contributed by atoms with Crippen molar-refractivity contribution in [2.24, 2.45) is 11.3 Å². The second-order valence-corrected chi connectivity index (χ2v) is 9.98. The van der Waals surface area contributed by atoms with Gasteiger partial charge in [-0.2, -0.15) is 0 Å². The predicted octanol–water partition coefficient (Wildman–Crippen LogP) is 6.00. The topological polar surface area (TPSA) is 88.4 Å². The third kappa shape index (κ3) is 6.05. The number of fused-ring (bicyclic) bond motifs is 1. The maximum atomic E-state index is 12.5. The van der Waals surface area contributed by atoms with Crippen LogP contribution in [0.4, 0.5) is 30.5 Å². The Morgan fingerprint density at radius 1 is 1.17 bits per heavy atom. The average molecular weight is 491 g/mol. The number of nitrogens with one attached hydrogen (secondary N) is 2. The normalized spacial score (nSPS) is 20.0. The number of benzene rings is 2. The van der Waals surface area contributed by atoms with Gasteiger partial charge in [-0.25, -0.2) is 4.98 Å². The lowest BCUT2D eigenvalue weighted by Gasteiger charge is -2.40. The Kier molecular flexibility index (Phi) is 6.68. The number of anilines is 3. The van der Waals surface area contributed by atoms with Gasteiger partial charge in [-0.05, 0) is 73.1 Å². The van der Waals surface area contributed by atoms with Gasteiger partial charge in [0.1, 0.15) is 12.4 Å². The summed E-state index contributed by atoms with van der Waals surface area (Å²) >= 11 is 0. The minimum Gasteiger partial charge on any atom is -0.406 e. The van der Waals surface area contributed by atoms with E-state index in [0.717, 1.165) is 24.8 Å². The van der Waals surface area contributed by atoms with Gasteiger partial charge in [0.25, 0.3) is 0 Å². The van der Waals surface area contributed by atoms with E-state index < -0.39 is 18.9 Å². The van der Waals surface area contributed by atoms with E-state index in [1.54, 1.807) is 12.1 Å². The van der Waals surface area contributed by atoms with E-state index >= 15 is 0 Å². The quantitative estimate of drug-likeness (QED) is 0.395. The number of hydrogen-bond acceptors (Lipinski definition) is 5. The van der Waals surface area contributed by atoms with Gasteiger partial charge in [-0.15, -0.1) is 13.2 Å². The smallest absolute Gasteiger partial charge is 0.406 e. The maximum Gasteiger partial charge on any atom is 0.573 e. The molecule has 0 bridgehead atoms. The number of nitrogens with zero attached hydrogens (tertiary/aromatic N) is 2. The number of carbonyl (C=O) groups is 1. The number of aromatic nitrogens is 2. The molecule has 1 heterocycles. The number of rotatable bonds is 6. The van der Waals surface area contributed by atoms with E-state index in [1.807, 2.05) is 6.07 Å². The fourth-order valence-electron chi connectivity index (χ4n) is 5.20. The highest BCUT2D eigenvalue weighted by Crippen LogP contribution is 2.46. The Balaban J connectivity index is 1.71. The molecular weight excluding hydrogens is 461 g/mol. The van der Waals surface area contributed by atoms with Crippen LogP contribution in [0.2, 0.25) is 0 Å². The fraction of sp³-hybridized carbons (Fsp3) is 0.440. The van der Waals surface area contributed by atoms with E-state index in [-0.39, 0.29) is 17.2 Å². The number of carbonyl (C=O) groups excluding carboxylic acids is 1. The SMILES string of the molecule is CC1CC(n2c(Nc3ccc(OC(F)(F)F)cc3)nc3cc(NC(=O)CO)ccc32)CC(C)(C)C1. The third-order valence-electron chi connectivity index (χ3n) is 6.19. The Morgan fingerprint density at radius 3 is 2.49 bits per heavy atom. The highest BCUT2D eigenvalue weighted by molar-refractivity contribution is 5.94. The van der Waals surface area contributed by atoms with Gasteiger partial charge < -0.3 is 25.0 Å². The first-order valence-corrected chi connectivity index (χ1v) is 11.5. The maximum absolute atomic E-state index is 12.5. The summed E-state index contributed by atoms with van der Waals surface area (Å²) in [6.07, 6.45) is -1.72. The van der Waals surface area contributed by atoms with Crippen LogP contribution in [0, 0.1) is 11.3 Å². The van der Waals surface area contributed by atoms with Crippen molar-refractivity contribution in [2.45, 2.75) is 52.4 Å². The van der Waals surface area contributed by atoms with Crippen molar-refractivity contribution < 1.29 is 27.8 Å². The fourth-order valence-corrected chi connectivity index (χ4v) is 5.20. The average Bonchev–Trinajstić information content (AvgIpc) is 3.09. The first kappa shape index (κ1) is 24.8. The second kappa shape index (κ2) is 9.41. The standard InChI is InChI=1S/C25H29F3N4O3/c1-15-10-18(13-24(2,3)12-15)32-21-9-6-17(29-22(34)14-33)11-20(21)31-23(32)30-16-4-7-19(8-5-16)35-25(26,27)28/h4-9,11,15,18,33H,10,12-14H2,1-3H3,(H,29,34)(H,30,31). The number of ether oxygens (including phenoxy) is 1. The monoisotopic (exact) mass is 490 g/mol. The number of imidazole rings is 1. The van der Waals surface area contributed by atoms with Crippen LogP contribution >= 0.6 is 0 Å². The molecule has 1 aliphatic carbocycles. The van der Waals surface area contributed by atoms with E-state index in [9.17, 15) is 18.0 Å². The van der Waals surface area contributed by atoms with E-state index in [0.29, 0.717) is 28.8 Å². The number of hydrogen-bond donors (Lipinski definition) is 3. The molecule has 10 heteroatoms. The van der Waals surface area contributed by atoms with Crippen LogP contribution in [0.1, 0.15) is 46.1 Å². The molecule has 4 rings (SSSR count). The van der Waals surface area contributed by atoms with Gasteiger partial charge in [0.05, 0.1) is 11.0 Å². The summed E-state index contributed by atoms with van der Waals surface area (Å²) in [4.78, 5) is 16.4. The van der Waals surface area contributed by atoms with Gasteiger partial charge in [-0.3, -0.25) is 4.79 Å². The van der Waals surface area contributed by atoms with E-state index in [2.05, 4.69) is 40.7 Å². The summed E-state index contributed by atoms with van der Waals surface area (Å²) < 4.78 is 43.6. The number of alkyl halides is 3. The van der Waals surface area contributed by atoms with Crippen LogP contribution in [0.25, 0.3) is 11.0 Å². The Hall–Kier alpha value is -3.27. The molecule has 0 radical (unpaired) electrons. The molecule has 35 heavy (non-hydrogen) atoms. The lowest BCUT2D eigenvalue weighted by molar-refractivity contribution is -0.274. The molecule has 7 nitrogen and oxygen atoms in total. The lowest BCUT2D eigenvalue weighted by Crippen LogP contribution is -2.29. The van der Waals surface area contributed by atoms with Gasteiger partial charge >= 0.3 is 6.36 Å². The molecule has 2 unspecified atom stereocenters. The second-order valence-electron chi connectivity index (χ2n) is 9.98. The highest BCUT2D eigenvalue weighted by Gasteiger charge is 2.35. The molecule has 3 N–H and O–H groups in total. The first-order valence-electron chi connectivity index (χ1n) is 11.5. The molecule has 1 aromatic heterocycles. The summed E-state index contributed by atoms with van der Waals surface area (Å²) in [6.45, 7) is 6.12. The molecule has 1 saturated carbocycles. The molecular formula is C25H29F3N4O3. The summed E-state index contributed by atoms with van der Waals surface area (Å²) in [7, 11) is 0. The molecule has 3 aromatic rings. The van der Waals surface area contributed by atoms with Crippen LogP contribution in [0.15, 0.2) is 42.5 Å². The van der Waals surface area contributed by atoms with E-state index in [1.165, 1.54) is 24.3 Å². The molecule has 0 spiro atoms. The summed E-state index contributed by atoms with van der Waals surface area (Å²) in [5.41, 5.74) is 2.74. The molecule has 2 aromatic carbocycles. The molecule has 188 valence electrons. The van der Waals surface area contributed by atoms with Crippen LogP contribution in [-0.4, -0.2) is 33.5 Å². The molecule has 1 amide bonds. The lowest BCUT2D eigenvalue weighted by atomic mass is 9.70. The molecule has 0 saturated heterocycles. The zero-order valence-electron chi connectivity index (χ0n) is 19.8. The van der Waals surface area contributed by atoms with Crippen molar-refractivity contribution in [1.82, 2.24) is 9.55 Å².